The Morgan fingerprint density at radius 3 is 1.00 bits per heavy atom. The largest absolute Gasteiger partial charge is 0.203 e. The number of halogens is 8. The van der Waals surface area contributed by atoms with Crippen LogP contribution in [0.2, 0.25) is 0 Å². The van der Waals surface area contributed by atoms with Gasteiger partial charge in [0.15, 0.2) is 46.5 Å². The quantitative estimate of drug-likeness (QED) is 0.251. The second kappa shape index (κ2) is 11.0. The van der Waals surface area contributed by atoms with Crippen molar-refractivity contribution in [2.75, 3.05) is 0 Å². The molecule has 0 atom stereocenters. The van der Waals surface area contributed by atoms with Gasteiger partial charge in [-0.3, -0.25) is 0 Å². The monoisotopic (exact) mass is 458 g/mol. The van der Waals surface area contributed by atoms with Gasteiger partial charge in [0.25, 0.3) is 0 Å². The summed E-state index contributed by atoms with van der Waals surface area (Å²) >= 11 is 0. The molecule has 0 radical (unpaired) electrons. The molecular weight excluding hydrogens is 440 g/mol. The molecule has 0 fully saturated rings. The molecule has 0 aliphatic carbocycles. The van der Waals surface area contributed by atoms with Gasteiger partial charge in [-0.05, 0) is 49.4 Å². The molecule has 0 N–H and O–H groups in total. The lowest BCUT2D eigenvalue weighted by Crippen LogP contribution is -2.07. The van der Waals surface area contributed by atoms with E-state index in [0.29, 0.717) is 25.7 Å². The Morgan fingerprint density at radius 1 is 0.469 bits per heavy atom. The fourth-order valence-corrected chi connectivity index (χ4v) is 2.91. The molecule has 0 aliphatic heterocycles. The van der Waals surface area contributed by atoms with Crippen molar-refractivity contribution in [2.24, 2.45) is 0 Å². The lowest BCUT2D eigenvalue weighted by molar-refractivity contribution is 0.434. The lowest BCUT2D eigenvalue weighted by Gasteiger charge is -2.08. The molecule has 0 aliphatic rings. The molecule has 0 saturated heterocycles. The second-order valence-corrected chi connectivity index (χ2v) is 6.93. The van der Waals surface area contributed by atoms with Crippen LogP contribution in [-0.4, -0.2) is 0 Å². The molecular formula is C24H18F8. The van der Waals surface area contributed by atoms with Crippen molar-refractivity contribution in [3.8, 4) is 23.7 Å². The third-order valence-electron chi connectivity index (χ3n) is 4.71. The van der Waals surface area contributed by atoms with Gasteiger partial charge in [0.2, 0.25) is 0 Å². The zero-order valence-corrected chi connectivity index (χ0v) is 17.3. The van der Waals surface area contributed by atoms with Crippen LogP contribution in [0.25, 0.3) is 0 Å². The fourth-order valence-electron chi connectivity index (χ4n) is 2.91. The van der Waals surface area contributed by atoms with Gasteiger partial charge in [-0.2, -0.15) is 0 Å². The zero-order chi connectivity index (χ0) is 24.0. The number of rotatable bonds is 6. The Morgan fingerprint density at radius 2 is 0.750 bits per heavy atom. The number of benzene rings is 2. The highest BCUT2D eigenvalue weighted by atomic mass is 19.2. The normalized spacial score (nSPS) is 10.4. The molecule has 32 heavy (non-hydrogen) atoms. The van der Waals surface area contributed by atoms with Gasteiger partial charge in [0.05, 0.1) is 0 Å². The van der Waals surface area contributed by atoms with Gasteiger partial charge in [-0.15, -0.1) is 0 Å². The summed E-state index contributed by atoms with van der Waals surface area (Å²) in [5.74, 6) is -6.29. The van der Waals surface area contributed by atoms with Crippen molar-refractivity contribution in [1.82, 2.24) is 0 Å². The summed E-state index contributed by atoms with van der Waals surface area (Å²) in [5.41, 5.74) is -4.03. The SMILES string of the molecule is CCCCc1c(F)c(F)c(C#CC#Cc2c(F)c(F)c(CCCC)c(F)c2F)c(F)c1F. The van der Waals surface area contributed by atoms with Crippen LogP contribution in [0.4, 0.5) is 35.1 Å². The summed E-state index contributed by atoms with van der Waals surface area (Å²) in [4.78, 5) is 0. The van der Waals surface area contributed by atoms with Gasteiger partial charge in [0, 0.05) is 11.1 Å². The van der Waals surface area contributed by atoms with E-state index < -0.39 is 68.8 Å². The van der Waals surface area contributed by atoms with E-state index in [9.17, 15) is 35.1 Å². The van der Waals surface area contributed by atoms with E-state index >= 15 is 0 Å². The van der Waals surface area contributed by atoms with E-state index in [4.69, 9.17) is 0 Å². The summed E-state index contributed by atoms with van der Waals surface area (Å²) in [5, 5.41) is 0. The van der Waals surface area contributed by atoms with E-state index in [1.54, 1.807) is 37.5 Å². The minimum atomic E-state index is -1.74. The first-order valence-corrected chi connectivity index (χ1v) is 9.88. The summed E-state index contributed by atoms with van der Waals surface area (Å²) < 4.78 is 113. The van der Waals surface area contributed by atoms with Gasteiger partial charge in [0.1, 0.15) is 11.1 Å². The van der Waals surface area contributed by atoms with E-state index in [1.807, 2.05) is 0 Å². The maximum absolute atomic E-state index is 14.1. The maximum Gasteiger partial charge on any atom is 0.177 e. The Labute approximate surface area is 180 Å². The summed E-state index contributed by atoms with van der Waals surface area (Å²) in [7, 11) is 0. The van der Waals surface area contributed by atoms with Gasteiger partial charge in [-0.25, -0.2) is 35.1 Å². The molecule has 0 spiro atoms. The van der Waals surface area contributed by atoms with Crippen LogP contribution in [0, 0.1) is 70.2 Å². The molecule has 0 heterocycles. The van der Waals surface area contributed by atoms with Crippen molar-refractivity contribution < 1.29 is 35.1 Å². The summed E-state index contributed by atoms with van der Waals surface area (Å²) in [6.45, 7) is 3.45. The fraction of sp³-hybridized carbons (Fsp3) is 0.333. The third kappa shape index (κ3) is 5.07. The Balaban J connectivity index is 2.46. The molecule has 2 rings (SSSR count). The first-order chi connectivity index (χ1) is 15.2. The maximum atomic E-state index is 14.1. The molecule has 0 amide bonds. The van der Waals surface area contributed by atoms with Gasteiger partial charge in [-0.1, -0.05) is 26.7 Å². The molecule has 8 heteroatoms. The second-order valence-electron chi connectivity index (χ2n) is 6.93. The topological polar surface area (TPSA) is 0 Å². The predicted octanol–water partition coefficient (Wildman–Crippen LogP) is 6.89. The van der Waals surface area contributed by atoms with Crippen LogP contribution in [0.15, 0.2) is 0 Å². The van der Waals surface area contributed by atoms with E-state index in [0.717, 1.165) is 0 Å². The zero-order valence-electron chi connectivity index (χ0n) is 17.3. The molecule has 0 saturated carbocycles. The van der Waals surface area contributed by atoms with E-state index in [1.165, 1.54) is 0 Å². The van der Waals surface area contributed by atoms with Crippen molar-refractivity contribution >= 4 is 0 Å². The highest BCUT2D eigenvalue weighted by Crippen LogP contribution is 2.26. The average Bonchev–Trinajstić information content (AvgIpc) is 2.78. The molecule has 2 aromatic rings. The van der Waals surface area contributed by atoms with Crippen LogP contribution in [0.3, 0.4) is 0 Å². The van der Waals surface area contributed by atoms with E-state index in [-0.39, 0.29) is 12.8 Å². The third-order valence-corrected chi connectivity index (χ3v) is 4.71. The highest BCUT2D eigenvalue weighted by Gasteiger charge is 2.25. The molecule has 0 unspecified atom stereocenters. The van der Waals surface area contributed by atoms with E-state index in [2.05, 4.69) is 0 Å². The molecule has 0 nitrogen and oxygen atoms in total. The molecule has 0 bridgehead atoms. The standard InChI is InChI=1S/C24H18F8/c1-3-5-9-13-17(25)21(29)15(22(30)18(13)26)11-7-8-12-16-23(31)19(27)14(10-6-4-2)20(28)24(16)32/h3-6,9-10H2,1-2H3. The number of hydrogen-bond donors (Lipinski definition) is 0. The molecule has 170 valence electrons. The summed E-state index contributed by atoms with van der Waals surface area (Å²) in [6.07, 6.45) is 1.22. The van der Waals surface area contributed by atoms with Crippen LogP contribution in [-0.2, 0) is 12.8 Å². The highest BCUT2D eigenvalue weighted by molar-refractivity contribution is 5.48. The number of unbranched alkanes of at least 4 members (excludes halogenated alkanes) is 2. The first-order valence-electron chi connectivity index (χ1n) is 9.88. The average molecular weight is 458 g/mol. The minimum absolute atomic E-state index is 0.223. The number of hydrogen-bond acceptors (Lipinski definition) is 0. The lowest BCUT2D eigenvalue weighted by atomic mass is 10.0. The van der Waals surface area contributed by atoms with Crippen LogP contribution < -0.4 is 0 Å². The first kappa shape index (κ1) is 25.3. The van der Waals surface area contributed by atoms with Crippen LogP contribution in [0.1, 0.15) is 61.8 Å². The Kier molecular flexibility index (Phi) is 8.72. The minimum Gasteiger partial charge on any atom is -0.203 e. The van der Waals surface area contributed by atoms with Crippen molar-refractivity contribution in [1.29, 1.82) is 0 Å². The Hall–Kier alpha value is -3.00. The van der Waals surface area contributed by atoms with Crippen molar-refractivity contribution in [3.05, 3.63) is 68.8 Å². The van der Waals surface area contributed by atoms with Crippen LogP contribution >= 0.6 is 0 Å². The summed E-state index contributed by atoms with van der Waals surface area (Å²) in [6, 6.07) is 0. The smallest absolute Gasteiger partial charge is 0.177 e. The van der Waals surface area contributed by atoms with Gasteiger partial charge < -0.3 is 0 Å². The van der Waals surface area contributed by atoms with Gasteiger partial charge >= 0.3 is 0 Å². The Bertz CT molecular complexity index is 994. The molecule has 0 aromatic heterocycles. The van der Waals surface area contributed by atoms with Crippen molar-refractivity contribution in [3.63, 3.8) is 0 Å². The predicted molar refractivity (Wildman–Crippen MR) is 104 cm³/mol. The van der Waals surface area contributed by atoms with Crippen LogP contribution in [0.5, 0.6) is 0 Å². The van der Waals surface area contributed by atoms with Crippen molar-refractivity contribution in [2.45, 2.75) is 52.4 Å². The molecule has 2 aromatic carbocycles.